The molecular formula is C4H16Al2O3P+. The summed E-state index contributed by atoms with van der Waals surface area (Å²) in [6.45, 7) is 4.42. The van der Waals surface area contributed by atoms with Gasteiger partial charge in [-0.1, -0.05) is 0 Å². The molecule has 0 saturated heterocycles. The Morgan fingerprint density at radius 3 is 1.60 bits per heavy atom. The summed E-state index contributed by atoms with van der Waals surface area (Å²) in [5.74, 6) is 0. The predicted octanol–water partition coefficient (Wildman–Crippen LogP) is -0.651. The van der Waals surface area contributed by atoms with Crippen LogP contribution in [0.15, 0.2) is 0 Å². The molecule has 0 heterocycles. The van der Waals surface area contributed by atoms with Crippen LogP contribution >= 0.6 is 8.25 Å². The van der Waals surface area contributed by atoms with Crippen molar-refractivity contribution < 1.29 is 13.6 Å². The third-order valence-electron chi connectivity index (χ3n) is 0.469. The number of hydrogen-bond donors (Lipinski definition) is 0. The molecule has 0 aliphatic carbocycles. The van der Waals surface area contributed by atoms with Crippen molar-refractivity contribution in [1.82, 2.24) is 0 Å². The second-order valence-electron chi connectivity index (χ2n) is 1.06. The lowest BCUT2D eigenvalue weighted by Crippen LogP contribution is -1.81. The van der Waals surface area contributed by atoms with Gasteiger partial charge in [-0.15, -0.1) is 9.05 Å². The van der Waals surface area contributed by atoms with E-state index in [1.807, 2.05) is 0 Å². The fraction of sp³-hybridized carbons (Fsp3) is 1.00. The summed E-state index contributed by atoms with van der Waals surface area (Å²) in [7, 11) is -1.83. The molecule has 0 N–H and O–H groups in total. The van der Waals surface area contributed by atoms with Gasteiger partial charge in [0, 0.05) is 4.57 Å². The van der Waals surface area contributed by atoms with Gasteiger partial charge in [-0.05, 0) is 13.8 Å². The lowest BCUT2D eigenvalue weighted by Gasteiger charge is -1.78. The van der Waals surface area contributed by atoms with Crippen LogP contribution in [0.5, 0.6) is 0 Å². The van der Waals surface area contributed by atoms with Gasteiger partial charge in [0.05, 0.1) is 0 Å². The summed E-state index contributed by atoms with van der Waals surface area (Å²) < 4.78 is 19.5. The van der Waals surface area contributed by atoms with Crippen LogP contribution in [0.25, 0.3) is 0 Å². The first-order valence-corrected chi connectivity index (χ1v) is 3.63. The van der Waals surface area contributed by atoms with Crippen molar-refractivity contribution in [3.63, 3.8) is 0 Å². The minimum atomic E-state index is -1.83. The van der Waals surface area contributed by atoms with Gasteiger partial charge in [0.15, 0.2) is 34.7 Å². The van der Waals surface area contributed by atoms with Gasteiger partial charge >= 0.3 is 8.25 Å². The van der Waals surface area contributed by atoms with E-state index < -0.39 is 8.25 Å². The van der Waals surface area contributed by atoms with Gasteiger partial charge in [0.2, 0.25) is 0 Å². The average molecular weight is 197 g/mol. The van der Waals surface area contributed by atoms with E-state index in [4.69, 9.17) is 0 Å². The fourth-order valence-electron chi connectivity index (χ4n) is 0.248. The maximum Gasteiger partial charge on any atom is 0.697 e. The zero-order chi connectivity index (χ0) is 6.41. The SMILES string of the molecule is CCO[P+](=O)OCC.[AlH3].[AlH3]. The smallest absolute Gasteiger partial charge is 0.119 e. The van der Waals surface area contributed by atoms with Gasteiger partial charge in [-0.2, -0.15) is 0 Å². The van der Waals surface area contributed by atoms with Crippen LogP contribution in [0.1, 0.15) is 13.8 Å². The van der Waals surface area contributed by atoms with E-state index in [2.05, 4.69) is 9.05 Å². The fourth-order valence-corrected chi connectivity index (χ4v) is 0.744. The third kappa shape index (κ3) is 11.8. The highest BCUT2D eigenvalue weighted by molar-refractivity contribution is 7.33. The summed E-state index contributed by atoms with van der Waals surface area (Å²) in [6.07, 6.45) is 0. The molecule has 0 unspecified atom stereocenters. The molecule has 6 heteroatoms. The summed E-state index contributed by atoms with van der Waals surface area (Å²) in [6, 6.07) is 0. The molecule has 10 heavy (non-hydrogen) atoms. The van der Waals surface area contributed by atoms with E-state index in [-0.39, 0.29) is 34.7 Å². The zero-order valence-electron chi connectivity index (χ0n) is 5.09. The summed E-state index contributed by atoms with van der Waals surface area (Å²) in [5, 5.41) is 0. The second-order valence-corrected chi connectivity index (χ2v) is 2.02. The molecule has 60 valence electrons. The summed E-state index contributed by atoms with van der Waals surface area (Å²) in [5.41, 5.74) is 0. The Bertz CT molecular complexity index is 72.9. The Labute approximate surface area is 83.7 Å². The van der Waals surface area contributed by atoms with Crippen LogP contribution in [0.2, 0.25) is 0 Å². The minimum absolute atomic E-state index is 0. The van der Waals surface area contributed by atoms with Gasteiger partial charge in [-0.25, -0.2) is 0 Å². The van der Waals surface area contributed by atoms with Crippen molar-refractivity contribution in [3.05, 3.63) is 0 Å². The highest BCUT2D eigenvalue weighted by Gasteiger charge is 2.15. The molecule has 0 spiro atoms. The van der Waals surface area contributed by atoms with Gasteiger partial charge < -0.3 is 0 Å². The van der Waals surface area contributed by atoms with Crippen LogP contribution in [0, 0.1) is 0 Å². The van der Waals surface area contributed by atoms with E-state index in [0.29, 0.717) is 13.2 Å². The average Bonchev–Trinajstić information content (AvgIpc) is 1.68. The quantitative estimate of drug-likeness (QED) is 0.443. The van der Waals surface area contributed by atoms with Crippen molar-refractivity contribution in [2.45, 2.75) is 13.8 Å². The van der Waals surface area contributed by atoms with Crippen LogP contribution in [-0.2, 0) is 13.6 Å². The van der Waals surface area contributed by atoms with E-state index >= 15 is 0 Å². The normalized spacial score (nSPS) is 7.40. The van der Waals surface area contributed by atoms with Crippen molar-refractivity contribution in [3.8, 4) is 0 Å². The molecule has 3 nitrogen and oxygen atoms in total. The van der Waals surface area contributed by atoms with Gasteiger partial charge in [0.1, 0.15) is 13.2 Å². The monoisotopic (exact) mass is 197 g/mol. The molecule has 0 aliphatic rings. The number of hydrogen-bond acceptors (Lipinski definition) is 3. The van der Waals surface area contributed by atoms with Crippen molar-refractivity contribution in [2.75, 3.05) is 13.2 Å². The minimum Gasteiger partial charge on any atom is -0.119 e. The summed E-state index contributed by atoms with van der Waals surface area (Å²) >= 11 is 0. The first-order chi connectivity index (χ1) is 3.81. The van der Waals surface area contributed by atoms with Gasteiger partial charge in [0.25, 0.3) is 0 Å². The van der Waals surface area contributed by atoms with E-state index in [0.717, 1.165) is 0 Å². The maximum absolute atomic E-state index is 10.3. The topological polar surface area (TPSA) is 35.5 Å². The van der Waals surface area contributed by atoms with E-state index in [1.54, 1.807) is 13.8 Å². The molecular weight excluding hydrogens is 181 g/mol. The molecule has 0 atom stereocenters. The molecule has 0 amide bonds. The molecule has 0 bridgehead atoms. The molecule has 0 saturated carbocycles. The molecule has 0 aromatic heterocycles. The zero-order valence-corrected chi connectivity index (χ0v) is 5.98. The molecule has 0 aromatic rings. The lowest BCUT2D eigenvalue weighted by atomic mass is 10.9. The van der Waals surface area contributed by atoms with Crippen LogP contribution in [0.4, 0.5) is 0 Å². The molecule has 0 fully saturated rings. The Kier molecular flexibility index (Phi) is 22.0. The van der Waals surface area contributed by atoms with E-state index in [9.17, 15) is 4.57 Å². The largest absolute Gasteiger partial charge is 0.697 e. The van der Waals surface area contributed by atoms with E-state index in [1.165, 1.54) is 0 Å². The molecule has 0 radical (unpaired) electrons. The van der Waals surface area contributed by atoms with Gasteiger partial charge in [-0.3, -0.25) is 0 Å². The van der Waals surface area contributed by atoms with Crippen molar-refractivity contribution >= 4 is 43.0 Å². The number of rotatable bonds is 4. The molecule has 0 aliphatic heterocycles. The lowest BCUT2D eigenvalue weighted by molar-refractivity contribution is 0.243. The standard InChI is InChI=1S/C4H10O3P.2Al.6H/c1-3-6-8(5)7-4-2;;;;;;;;/h3-4H2,1-2H3;;;;;;;;/q+1;;;;;;;;. The predicted molar refractivity (Wildman–Crippen MR) is 50.7 cm³/mol. The highest BCUT2D eigenvalue weighted by atomic mass is 31.1. The van der Waals surface area contributed by atoms with Crippen molar-refractivity contribution in [1.29, 1.82) is 0 Å². The first-order valence-electron chi connectivity index (χ1n) is 2.54. The molecule has 0 aromatic carbocycles. The van der Waals surface area contributed by atoms with Crippen LogP contribution < -0.4 is 0 Å². The Morgan fingerprint density at radius 1 is 1.10 bits per heavy atom. The summed E-state index contributed by atoms with van der Waals surface area (Å²) in [4.78, 5) is 0. The first kappa shape index (κ1) is 17.2. The Hall–Kier alpha value is 1.08. The Morgan fingerprint density at radius 2 is 1.40 bits per heavy atom. The van der Waals surface area contributed by atoms with Crippen molar-refractivity contribution in [2.24, 2.45) is 0 Å². The second kappa shape index (κ2) is 12.7. The highest BCUT2D eigenvalue weighted by Crippen LogP contribution is 2.21. The van der Waals surface area contributed by atoms with Crippen LogP contribution in [-0.4, -0.2) is 47.9 Å². The Balaban J connectivity index is -0.000000245. The molecule has 0 rings (SSSR count). The maximum atomic E-state index is 10.3. The van der Waals surface area contributed by atoms with Crippen LogP contribution in [0.3, 0.4) is 0 Å². The third-order valence-corrected chi connectivity index (χ3v) is 1.41.